The Labute approximate surface area is 211 Å². The molecule has 0 fully saturated rings. The number of aryl methyl sites for hydroxylation is 1. The van der Waals surface area contributed by atoms with Crippen molar-refractivity contribution < 1.29 is 43.7 Å². The average Bonchev–Trinajstić information content (AvgIpc) is 3.27. The first-order chi connectivity index (χ1) is 17.3. The highest BCUT2D eigenvalue weighted by Gasteiger charge is 2.49. The van der Waals surface area contributed by atoms with Crippen molar-refractivity contribution in [1.29, 1.82) is 0 Å². The highest BCUT2D eigenvalue weighted by atomic mass is 32.2. The monoisotopic (exact) mass is 555 g/mol. The fourth-order valence-corrected chi connectivity index (χ4v) is 5.46. The molecule has 0 N–H and O–H groups in total. The Morgan fingerprint density at radius 2 is 1.43 bits per heavy atom. The van der Waals surface area contributed by atoms with E-state index in [0.717, 1.165) is 22.7 Å². The van der Waals surface area contributed by atoms with Crippen LogP contribution in [0.25, 0.3) is 22.0 Å². The van der Waals surface area contributed by atoms with Crippen LogP contribution in [0.3, 0.4) is 0 Å². The van der Waals surface area contributed by atoms with E-state index in [1.165, 1.54) is 31.5 Å². The summed E-state index contributed by atoms with van der Waals surface area (Å²) in [5, 5.41) is 0.550. The molecule has 1 aromatic heterocycles. The normalized spacial score (nSPS) is 12.5. The van der Waals surface area contributed by atoms with Crippen molar-refractivity contribution in [1.82, 2.24) is 3.97 Å². The first kappa shape index (κ1) is 26.4. The lowest BCUT2D eigenvalue weighted by atomic mass is 10.0. The molecule has 0 saturated heterocycles. The molecule has 0 atom stereocenters. The van der Waals surface area contributed by atoms with E-state index in [9.17, 15) is 30.0 Å². The minimum atomic E-state index is -5.95. The third-order valence-electron chi connectivity index (χ3n) is 5.51. The Bertz CT molecular complexity index is 1690. The largest absolute Gasteiger partial charge is 0.534 e. The Kier molecular flexibility index (Phi) is 6.63. The third kappa shape index (κ3) is 4.83. The Balaban J connectivity index is 1.79. The molecule has 1 heterocycles. The molecular weight excluding hydrogens is 535 g/mol. The molecule has 4 aromatic rings. The van der Waals surface area contributed by atoms with Crippen LogP contribution in [-0.4, -0.2) is 40.5 Å². The summed E-state index contributed by atoms with van der Waals surface area (Å²) < 4.78 is 103. The molecule has 13 heteroatoms. The SMILES string of the molecule is COc1cc(-c2ccc3c(ccn3S(=O)(=O)c3ccc(C)cc3)c2)c(OC)cc1OS(=O)(=O)C(F)(F)F. The molecule has 0 spiro atoms. The van der Waals surface area contributed by atoms with Crippen molar-refractivity contribution in [3.05, 3.63) is 72.4 Å². The molecule has 37 heavy (non-hydrogen) atoms. The Hall–Kier alpha value is -3.71. The second-order valence-electron chi connectivity index (χ2n) is 7.89. The summed E-state index contributed by atoms with van der Waals surface area (Å²) in [5.74, 6) is -1.00. The molecule has 4 rings (SSSR count). The van der Waals surface area contributed by atoms with Gasteiger partial charge in [-0.1, -0.05) is 23.8 Å². The quantitative estimate of drug-likeness (QED) is 0.231. The van der Waals surface area contributed by atoms with Gasteiger partial charge in [-0.05, 0) is 48.9 Å². The van der Waals surface area contributed by atoms with E-state index in [1.807, 2.05) is 6.92 Å². The van der Waals surface area contributed by atoms with E-state index in [-0.39, 0.29) is 16.4 Å². The van der Waals surface area contributed by atoms with Gasteiger partial charge >= 0.3 is 15.6 Å². The summed E-state index contributed by atoms with van der Waals surface area (Å²) in [6, 6.07) is 15.1. The number of aromatic nitrogens is 1. The van der Waals surface area contributed by atoms with E-state index < -0.39 is 31.4 Å². The number of nitrogens with zero attached hydrogens (tertiary/aromatic N) is 1. The fourth-order valence-electron chi connectivity index (χ4n) is 3.64. The van der Waals surface area contributed by atoms with Crippen LogP contribution in [0.5, 0.6) is 17.2 Å². The molecule has 0 aliphatic heterocycles. The van der Waals surface area contributed by atoms with Gasteiger partial charge < -0.3 is 13.7 Å². The van der Waals surface area contributed by atoms with Gasteiger partial charge in [0, 0.05) is 23.2 Å². The lowest BCUT2D eigenvalue weighted by Gasteiger charge is -2.16. The summed E-state index contributed by atoms with van der Waals surface area (Å²) in [6.45, 7) is 1.85. The third-order valence-corrected chi connectivity index (χ3v) is 8.18. The molecule has 0 amide bonds. The van der Waals surface area contributed by atoms with Crippen molar-refractivity contribution >= 4 is 31.0 Å². The van der Waals surface area contributed by atoms with Crippen LogP contribution in [0.1, 0.15) is 5.56 Å². The van der Waals surface area contributed by atoms with Crippen LogP contribution in [0, 0.1) is 6.92 Å². The lowest BCUT2D eigenvalue weighted by molar-refractivity contribution is -0.0500. The second kappa shape index (κ2) is 9.30. The first-order valence-corrected chi connectivity index (χ1v) is 13.3. The number of hydrogen-bond acceptors (Lipinski definition) is 7. The van der Waals surface area contributed by atoms with E-state index >= 15 is 0 Å². The number of halogens is 3. The fraction of sp³-hybridized carbons (Fsp3) is 0.167. The van der Waals surface area contributed by atoms with Gasteiger partial charge in [0.2, 0.25) is 0 Å². The maximum atomic E-state index is 13.2. The number of methoxy groups -OCH3 is 2. The topological polar surface area (TPSA) is 101 Å². The molecule has 0 saturated carbocycles. The molecule has 3 aromatic carbocycles. The standard InChI is InChI=1S/C24H20F3NO7S2/c1-15-4-7-18(8-5-15)36(29,30)28-11-10-17-12-16(6-9-20(17)28)19-13-22(34-3)23(14-21(19)33-2)35-37(31,32)24(25,26)27/h4-14H,1-3H3. The van der Waals surface area contributed by atoms with Gasteiger partial charge in [0.15, 0.2) is 11.5 Å². The summed E-state index contributed by atoms with van der Waals surface area (Å²) in [4.78, 5) is 0.121. The van der Waals surface area contributed by atoms with Gasteiger partial charge in [0.05, 0.1) is 24.6 Å². The zero-order chi connectivity index (χ0) is 27.2. The van der Waals surface area contributed by atoms with Crippen molar-refractivity contribution in [2.75, 3.05) is 14.2 Å². The molecule has 0 radical (unpaired) electrons. The van der Waals surface area contributed by atoms with E-state index in [0.29, 0.717) is 22.0 Å². The lowest BCUT2D eigenvalue weighted by Crippen LogP contribution is -2.28. The predicted molar refractivity (Wildman–Crippen MR) is 130 cm³/mol. The molecule has 0 bridgehead atoms. The summed E-state index contributed by atoms with van der Waals surface area (Å²) in [7, 11) is -7.43. The number of hydrogen-bond donors (Lipinski definition) is 0. The molecule has 0 aliphatic rings. The Morgan fingerprint density at radius 3 is 2.03 bits per heavy atom. The zero-order valence-corrected chi connectivity index (χ0v) is 21.2. The van der Waals surface area contributed by atoms with Gasteiger partial charge in [0.1, 0.15) is 5.75 Å². The average molecular weight is 556 g/mol. The smallest absolute Gasteiger partial charge is 0.496 e. The summed E-state index contributed by atoms with van der Waals surface area (Å²) in [5.41, 5.74) is -3.49. The van der Waals surface area contributed by atoms with Crippen LogP contribution in [-0.2, 0) is 20.1 Å². The number of benzene rings is 3. The van der Waals surface area contributed by atoms with Gasteiger partial charge in [-0.25, -0.2) is 12.4 Å². The number of ether oxygens (including phenoxy) is 2. The highest BCUT2D eigenvalue weighted by molar-refractivity contribution is 7.90. The van der Waals surface area contributed by atoms with Crippen molar-refractivity contribution in [3.63, 3.8) is 0 Å². The minimum absolute atomic E-state index is 0.000709. The van der Waals surface area contributed by atoms with Gasteiger partial charge in [-0.15, -0.1) is 0 Å². The summed E-state index contributed by atoms with van der Waals surface area (Å²) >= 11 is 0. The van der Waals surface area contributed by atoms with E-state index in [1.54, 1.807) is 36.4 Å². The predicted octanol–water partition coefficient (Wildman–Crippen LogP) is 5.10. The Morgan fingerprint density at radius 1 is 0.784 bits per heavy atom. The second-order valence-corrected chi connectivity index (χ2v) is 11.2. The van der Waals surface area contributed by atoms with E-state index in [2.05, 4.69) is 4.18 Å². The number of fused-ring (bicyclic) bond motifs is 1. The van der Waals surface area contributed by atoms with Gasteiger partial charge in [-0.2, -0.15) is 21.6 Å². The van der Waals surface area contributed by atoms with Crippen molar-refractivity contribution in [2.24, 2.45) is 0 Å². The molecule has 196 valence electrons. The first-order valence-electron chi connectivity index (χ1n) is 10.5. The molecule has 8 nitrogen and oxygen atoms in total. The number of alkyl halides is 3. The van der Waals surface area contributed by atoms with E-state index in [4.69, 9.17) is 9.47 Å². The zero-order valence-electron chi connectivity index (χ0n) is 19.6. The van der Waals surface area contributed by atoms with Gasteiger partial charge in [0.25, 0.3) is 10.0 Å². The highest BCUT2D eigenvalue weighted by Crippen LogP contribution is 2.42. The molecule has 0 aliphatic carbocycles. The van der Waals surface area contributed by atoms with Crippen LogP contribution < -0.4 is 13.7 Å². The molecular formula is C24H20F3NO7S2. The van der Waals surface area contributed by atoms with Crippen molar-refractivity contribution in [3.8, 4) is 28.4 Å². The van der Waals surface area contributed by atoms with Crippen LogP contribution in [0.2, 0.25) is 0 Å². The maximum absolute atomic E-state index is 13.2. The van der Waals surface area contributed by atoms with Crippen LogP contribution in [0.4, 0.5) is 13.2 Å². The van der Waals surface area contributed by atoms with Gasteiger partial charge in [-0.3, -0.25) is 0 Å². The minimum Gasteiger partial charge on any atom is -0.496 e. The molecule has 0 unspecified atom stereocenters. The van der Waals surface area contributed by atoms with Crippen molar-refractivity contribution in [2.45, 2.75) is 17.3 Å². The van der Waals surface area contributed by atoms with Crippen LogP contribution in [0.15, 0.2) is 71.8 Å². The van der Waals surface area contributed by atoms with Crippen LogP contribution >= 0.6 is 0 Å². The summed E-state index contributed by atoms with van der Waals surface area (Å²) in [6.07, 6.45) is 1.42. The number of rotatable bonds is 7. The maximum Gasteiger partial charge on any atom is 0.534 e.